The highest BCUT2D eigenvalue weighted by Crippen LogP contribution is 2.26. The van der Waals surface area contributed by atoms with Gasteiger partial charge in [0, 0.05) is 11.9 Å². The molecular formula is C11H15ClN2O4S. The predicted octanol–water partition coefficient (Wildman–Crippen LogP) is 2.52. The molecule has 1 unspecified atom stereocenters. The van der Waals surface area contributed by atoms with Crippen molar-refractivity contribution in [2.75, 3.05) is 16.4 Å². The molecule has 1 aromatic carbocycles. The molecule has 8 heteroatoms. The number of nitro benzene ring substituents is 1. The van der Waals surface area contributed by atoms with Crippen LogP contribution in [0.25, 0.3) is 0 Å². The molecule has 106 valence electrons. The first kappa shape index (κ1) is 15.7. The van der Waals surface area contributed by atoms with Gasteiger partial charge in [-0.25, -0.2) is 8.42 Å². The van der Waals surface area contributed by atoms with E-state index >= 15 is 0 Å². The number of anilines is 1. The lowest BCUT2D eigenvalue weighted by Crippen LogP contribution is -2.22. The molecule has 0 radical (unpaired) electrons. The van der Waals surface area contributed by atoms with E-state index in [0.29, 0.717) is 0 Å². The van der Waals surface area contributed by atoms with Gasteiger partial charge in [0.05, 0.1) is 10.7 Å². The number of nitro groups is 1. The summed E-state index contributed by atoms with van der Waals surface area (Å²) in [6, 6.07) is 4.26. The molecule has 1 rings (SSSR count). The van der Waals surface area contributed by atoms with Gasteiger partial charge in [0.15, 0.2) is 0 Å². The number of rotatable bonds is 6. The molecule has 0 amide bonds. The molecular weight excluding hydrogens is 292 g/mol. The third-order valence-corrected chi connectivity index (χ3v) is 4.45. The van der Waals surface area contributed by atoms with E-state index in [1.165, 1.54) is 12.1 Å². The van der Waals surface area contributed by atoms with Crippen molar-refractivity contribution in [3.63, 3.8) is 0 Å². The number of aryl methyl sites for hydroxylation is 1. The number of nitrogens with one attached hydrogen (secondary N) is 1. The first-order chi connectivity index (χ1) is 8.75. The van der Waals surface area contributed by atoms with Crippen LogP contribution in [0.1, 0.15) is 12.5 Å². The molecule has 19 heavy (non-hydrogen) atoms. The largest absolute Gasteiger partial charge is 0.293 e. The number of hydrogen-bond donors (Lipinski definition) is 1. The van der Waals surface area contributed by atoms with Gasteiger partial charge in [-0.05, 0) is 24.5 Å². The number of nitrogens with zero attached hydrogens (tertiary/aromatic N) is 1. The average molecular weight is 307 g/mol. The first-order valence-electron chi connectivity index (χ1n) is 5.56. The molecule has 0 aliphatic rings. The Kier molecular flexibility index (Phi) is 5.13. The van der Waals surface area contributed by atoms with Crippen molar-refractivity contribution < 1.29 is 13.3 Å². The molecule has 0 saturated heterocycles. The Morgan fingerprint density at radius 2 is 2.11 bits per heavy atom. The van der Waals surface area contributed by atoms with E-state index in [4.69, 9.17) is 11.6 Å². The number of alkyl halides is 1. The van der Waals surface area contributed by atoms with Crippen LogP contribution in [0.3, 0.4) is 0 Å². The Bertz CT molecular complexity index is 574. The summed E-state index contributed by atoms with van der Waals surface area (Å²) in [5.74, 6) is -0.207. The monoisotopic (exact) mass is 306 g/mol. The van der Waals surface area contributed by atoms with Crippen LogP contribution in [0, 0.1) is 23.0 Å². The Labute approximate surface area is 117 Å². The van der Waals surface area contributed by atoms with E-state index < -0.39 is 14.9 Å². The van der Waals surface area contributed by atoms with Gasteiger partial charge in [-0.15, -0.1) is 11.6 Å². The molecule has 1 aromatic rings. The summed E-state index contributed by atoms with van der Waals surface area (Å²) in [7, 11) is -3.66. The fourth-order valence-electron chi connectivity index (χ4n) is 1.52. The lowest BCUT2D eigenvalue weighted by atomic mass is 10.2. The number of benzene rings is 1. The Balaban J connectivity index is 3.04. The van der Waals surface area contributed by atoms with Crippen molar-refractivity contribution in [3.8, 4) is 0 Å². The van der Waals surface area contributed by atoms with Crippen LogP contribution in [0.5, 0.6) is 0 Å². The van der Waals surface area contributed by atoms with E-state index in [2.05, 4.69) is 4.72 Å². The highest BCUT2D eigenvalue weighted by atomic mass is 35.5. The van der Waals surface area contributed by atoms with Gasteiger partial charge in [-0.3, -0.25) is 14.8 Å². The topological polar surface area (TPSA) is 89.3 Å². The van der Waals surface area contributed by atoms with Crippen LogP contribution >= 0.6 is 11.6 Å². The van der Waals surface area contributed by atoms with E-state index in [0.717, 1.165) is 5.56 Å². The lowest BCUT2D eigenvalue weighted by Gasteiger charge is -2.11. The normalized spacial score (nSPS) is 13.0. The van der Waals surface area contributed by atoms with Gasteiger partial charge in [-0.1, -0.05) is 13.0 Å². The third-order valence-electron chi connectivity index (χ3n) is 2.38. The fourth-order valence-corrected chi connectivity index (χ4v) is 3.21. The summed E-state index contributed by atoms with van der Waals surface area (Å²) in [5.41, 5.74) is 0.438. The molecule has 1 N–H and O–H groups in total. The molecule has 0 bridgehead atoms. The second kappa shape index (κ2) is 6.21. The molecule has 0 aromatic heterocycles. The van der Waals surface area contributed by atoms with Crippen LogP contribution < -0.4 is 4.72 Å². The molecule has 0 heterocycles. The highest BCUT2D eigenvalue weighted by molar-refractivity contribution is 7.92. The third kappa shape index (κ3) is 4.68. The molecule has 1 atom stereocenters. The van der Waals surface area contributed by atoms with Crippen molar-refractivity contribution in [1.82, 2.24) is 0 Å². The SMILES string of the molecule is Cc1ccc([N+](=O)[O-])c(NS(=O)(=O)CC(C)CCl)c1. The van der Waals surface area contributed by atoms with Crippen LogP contribution in [-0.2, 0) is 10.0 Å². The van der Waals surface area contributed by atoms with E-state index in [1.807, 2.05) is 0 Å². The number of halogens is 1. The van der Waals surface area contributed by atoms with E-state index in [9.17, 15) is 18.5 Å². The maximum absolute atomic E-state index is 11.9. The summed E-state index contributed by atoms with van der Waals surface area (Å²) >= 11 is 5.57. The van der Waals surface area contributed by atoms with E-state index in [1.54, 1.807) is 19.9 Å². The molecule has 0 fully saturated rings. The molecule has 0 saturated carbocycles. The van der Waals surface area contributed by atoms with Gasteiger partial charge < -0.3 is 0 Å². The zero-order chi connectivity index (χ0) is 14.6. The summed E-state index contributed by atoms with van der Waals surface area (Å²) in [6.45, 7) is 3.42. The van der Waals surface area contributed by atoms with Crippen molar-refractivity contribution in [1.29, 1.82) is 0 Å². The second-order valence-corrected chi connectivity index (χ2v) is 6.50. The zero-order valence-corrected chi connectivity index (χ0v) is 12.2. The molecule has 0 aliphatic carbocycles. The second-order valence-electron chi connectivity index (χ2n) is 4.42. The fraction of sp³-hybridized carbons (Fsp3) is 0.455. The van der Waals surface area contributed by atoms with Crippen LogP contribution in [0.15, 0.2) is 18.2 Å². The highest BCUT2D eigenvalue weighted by Gasteiger charge is 2.21. The maximum Gasteiger partial charge on any atom is 0.293 e. The van der Waals surface area contributed by atoms with Gasteiger partial charge in [0.25, 0.3) is 5.69 Å². The van der Waals surface area contributed by atoms with Gasteiger partial charge >= 0.3 is 0 Å². The predicted molar refractivity (Wildman–Crippen MR) is 75.1 cm³/mol. The van der Waals surface area contributed by atoms with Crippen LogP contribution in [0.4, 0.5) is 11.4 Å². The summed E-state index contributed by atoms with van der Waals surface area (Å²) in [5, 5.41) is 10.8. The minimum atomic E-state index is -3.66. The maximum atomic E-state index is 11.9. The Morgan fingerprint density at radius 1 is 1.47 bits per heavy atom. The van der Waals surface area contributed by atoms with Crippen LogP contribution in [-0.4, -0.2) is 25.0 Å². The molecule has 6 nitrogen and oxygen atoms in total. The Hall–Kier alpha value is -1.34. The van der Waals surface area contributed by atoms with Gasteiger partial charge in [-0.2, -0.15) is 0 Å². The average Bonchev–Trinajstić information content (AvgIpc) is 2.27. The number of hydrogen-bond acceptors (Lipinski definition) is 4. The summed E-state index contributed by atoms with van der Waals surface area (Å²) < 4.78 is 26.0. The first-order valence-corrected chi connectivity index (χ1v) is 7.75. The standard InChI is InChI=1S/C11H15ClN2O4S/c1-8-3-4-11(14(15)16)10(5-8)13-19(17,18)7-9(2)6-12/h3-5,9,13H,6-7H2,1-2H3. The summed E-state index contributed by atoms with van der Waals surface area (Å²) in [6.07, 6.45) is 0. The van der Waals surface area contributed by atoms with Gasteiger partial charge in [0.2, 0.25) is 10.0 Å². The van der Waals surface area contributed by atoms with Crippen molar-refractivity contribution in [2.45, 2.75) is 13.8 Å². The van der Waals surface area contributed by atoms with E-state index in [-0.39, 0.29) is 28.9 Å². The minimum absolute atomic E-state index is 0.0215. The van der Waals surface area contributed by atoms with Gasteiger partial charge in [0.1, 0.15) is 5.69 Å². The zero-order valence-electron chi connectivity index (χ0n) is 10.6. The van der Waals surface area contributed by atoms with Crippen LogP contribution in [0.2, 0.25) is 0 Å². The smallest absolute Gasteiger partial charge is 0.277 e. The van der Waals surface area contributed by atoms with Crippen molar-refractivity contribution in [2.24, 2.45) is 5.92 Å². The number of sulfonamides is 1. The Morgan fingerprint density at radius 3 is 2.63 bits per heavy atom. The quantitative estimate of drug-likeness (QED) is 0.497. The van der Waals surface area contributed by atoms with Crippen molar-refractivity contribution >= 4 is 33.0 Å². The minimum Gasteiger partial charge on any atom is -0.277 e. The lowest BCUT2D eigenvalue weighted by molar-refractivity contribution is -0.383. The molecule has 0 spiro atoms. The summed E-state index contributed by atoms with van der Waals surface area (Å²) in [4.78, 5) is 10.2. The van der Waals surface area contributed by atoms with Crippen molar-refractivity contribution in [3.05, 3.63) is 33.9 Å². The molecule has 0 aliphatic heterocycles.